The highest BCUT2D eigenvalue weighted by Crippen LogP contribution is 2.32. The topological polar surface area (TPSA) is 34.0 Å². The summed E-state index contributed by atoms with van der Waals surface area (Å²) in [6, 6.07) is 4.23. The van der Waals surface area contributed by atoms with E-state index in [2.05, 4.69) is 23.7 Å². The van der Waals surface area contributed by atoms with Crippen molar-refractivity contribution in [2.45, 2.75) is 52.1 Å². The number of fused-ring (bicyclic) bond motifs is 1. The van der Waals surface area contributed by atoms with Crippen LogP contribution >= 0.6 is 22.9 Å². The van der Waals surface area contributed by atoms with Crippen LogP contribution in [0.15, 0.2) is 12.1 Å². The molecule has 1 fully saturated rings. The van der Waals surface area contributed by atoms with E-state index in [9.17, 15) is 4.79 Å². The minimum atomic E-state index is 0.0510. The molecule has 3 rings (SSSR count). The Morgan fingerprint density at radius 1 is 1.43 bits per heavy atom. The van der Waals surface area contributed by atoms with Crippen molar-refractivity contribution in [1.82, 2.24) is 9.88 Å². The molecule has 0 radical (unpaired) electrons. The third-order valence-corrected chi connectivity index (χ3v) is 5.74. The Morgan fingerprint density at radius 2 is 2.19 bits per heavy atom. The molecule has 0 aliphatic heterocycles. The van der Waals surface area contributed by atoms with Crippen LogP contribution in [0.4, 0.5) is 0 Å². The van der Waals surface area contributed by atoms with Gasteiger partial charge < -0.3 is 9.88 Å². The Hall–Kier alpha value is -1.00. The number of carbonyl (C=O) groups is 1. The highest BCUT2D eigenvalue weighted by molar-refractivity contribution is 7.22. The molecule has 0 bridgehead atoms. The summed E-state index contributed by atoms with van der Waals surface area (Å²) < 4.78 is 3.92. The standard InChI is InChI=1S/C16H21ClN2OS/c1-3-19-12-9-15(17)21-14(12)8-13(19)16(20)18-11-7-5-4-6-10(11)2/h8-11H,3-7H2,1-2H3,(H,18,20)/t10-,11+/m0/s1. The first-order valence-corrected chi connectivity index (χ1v) is 8.89. The van der Waals surface area contributed by atoms with E-state index in [0.717, 1.165) is 33.2 Å². The Morgan fingerprint density at radius 3 is 2.90 bits per heavy atom. The summed E-state index contributed by atoms with van der Waals surface area (Å²) in [5.41, 5.74) is 1.82. The van der Waals surface area contributed by atoms with Crippen LogP contribution in [0.25, 0.3) is 10.2 Å². The summed E-state index contributed by atoms with van der Waals surface area (Å²) in [4.78, 5) is 12.6. The van der Waals surface area contributed by atoms with Gasteiger partial charge in [-0.3, -0.25) is 4.79 Å². The summed E-state index contributed by atoms with van der Waals surface area (Å²) in [6.45, 7) is 5.08. The number of carbonyl (C=O) groups excluding carboxylic acids is 1. The number of halogens is 1. The second kappa shape index (κ2) is 6.01. The van der Waals surface area contributed by atoms with Gasteiger partial charge in [0.15, 0.2) is 0 Å². The van der Waals surface area contributed by atoms with Crippen molar-refractivity contribution >= 4 is 39.1 Å². The van der Waals surface area contributed by atoms with Gasteiger partial charge in [-0.15, -0.1) is 11.3 Å². The van der Waals surface area contributed by atoms with Gasteiger partial charge in [0.2, 0.25) is 0 Å². The number of amides is 1. The van der Waals surface area contributed by atoms with Crippen molar-refractivity contribution in [3.8, 4) is 0 Å². The molecule has 21 heavy (non-hydrogen) atoms. The molecule has 0 unspecified atom stereocenters. The summed E-state index contributed by atoms with van der Waals surface area (Å²) in [5.74, 6) is 0.624. The van der Waals surface area contributed by atoms with Crippen molar-refractivity contribution in [2.75, 3.05) is 0 Å². The quantitative estimate of drug-likeness (QED) is 0.873. The maximum Gasteiger partial charge on any atom is 0.268 e. The molecule has 1 aliphatic rings. The monoisotopic (exact) mass is 324 g/mol. The predicted molar refractivity (Wildman–Crippen MR) is 89.4 cm³/mol. The summed E-state index contributed by atoms with van der Waals surface area (Å²) >= 11 is 7.60. The lowest BCUT2D eigenvalue weighted by atomic mass is 9.86. The van der Waals surface area contributed by atoms with Gasteiger partial charge in [0, 0.05) is 12.6 Å². The van der Waals surface area contributed by atoms with Crippen molar-refractivity contribution in [2.24, 2.45) is 5.92 Å². The molecule has 5 heteroatoms. The van der Waals surface area contributed by atoms with Crippen LogP contribution in [0.2, 0.25) is 4.34 Å². The first-order chi connectivity index (χ1) is 10.1. The number of nitrogens with one attached hydrogen (secondary N) is 1. The molecule has 1 aliphatic carbocycles. The maximum atomic E-state index is 12.6. The molecule has 2 atom stereocenters. The van der Waals surface area contributed by atoms with Crippen LogP contribution in [-0.4, -0.2) is 16.5 Å². The Bertz CT molecular complexity index is 661. The average molecular weight is 325 g/mol. The Balaban J connectivity index is 1.85. The van der Waals surface area contributed by atoms with Crippen molar-refractivity contribution in [1.29, 1.82) is 0 Å². The van der Waals surface area contributed by atoms with Crippen LogP contribution in [0.5, 0.6) is 0 Å². The zero-order valence-corrected chi connectivity index (χ0v) is 14.1. The van der Waals surface area contributed by atoms with E-state index >= 15 is 0 Å². The van der Waals surface area contributed by atoms with E-state index in [1.807, 2.05) is 12.1 Å². The number of nitrogens with zero attached hydrogens (tertiary/aromatic N) is 1. The predicted octanol–water partition coefficient (Wildman–Crippen LogP) is 4.68. The summed E-state index contributed by atoms with van der Waals surface area (Å²) in [7, 11) is 0. The van der Waals surface area contributed by atoms with Crippen LogP contribution in [0, 0.1) is 5.92 Å². The lowest BCUT2D eigenvalue weighted by Crippen LogP contribution is -2.41. The maximum absolute atomic E-state index is 12.6. The summed E-state index contributed by atoms with van der Waals surface area (Å²) in [5, 5.41) is 3.24. The van der Waals surface area contributed by atoms with E-state index in [1.165, 1.54) is 30.6 Å². The van der Waals surface area contributed by atoms with Gasteiger partial charge in [0.05, 0.1) is 14.6 Å². The third kappa shape index (κ3) is 2.84. The van der Waals surface area contributed by atoms with E-state index < -0.39 is 0 Å². The number of hydrogen-bond acceptors (Lipinski definition) is 2. The van der Waals surface area contributed by atoms with Gasteiger partial charge in [-0.05, 0) is 37.8 Å². The number of aryl methyl sites for hydroxylation is 1. The fourth-order valence-electron chi connectivity index (χ4n) is 3.31. The molecule has 2 aromatic heterocycles. The minimum Gasteiger partial charge on any atom is -0.348 e. The van der Waals surface area contributed by atoms with E-state index in [4.69, 9.17) is 11.6 Å². The molecule has 3 nitrogen and oxygen atoms in total. The second-order valence-corrected chi connectivity index (χ2v) is 7.63. The fraction of sp³-hybridized carbons (Fsp3) is 0.562. The van der Waals surface area contributed by atoms with E-state index in [1.54, 1.807) is 0 Å². The summed E-state index contributed by atoms with van der Waals surface area (Å²) in [6.07, 6.45) is 4.81. The first kappa shape index (κ1) is 14.9. The molecular weight excluding hydrogens is 304 g/mol. The average Bonchev–Trinajstić information content (AvgIpc) is 2.96. The minimum absolute atomic E-state index is 0.0510. The highest BCUT2D eigenvalue weighted by atomic mass is 35.5. The molecule has 2 aromatic rings. The van der Waals surface area contributed by atoms with Crippen LogP contribution in [-0.2, 0) is 6.54 Å². The fourth-order valence-corrected chi connectivity index (χ4v) is 4.49. The van der Waals surface area contributed by atoms with Crippen molar-refractivity contribution < 1.29 is 4.79 Å². The van der Waals surface area contributed by atoms with Gasteiger partial charge in [0.1, 0.15) is 5.69 Å². The molecule has 1 amide bonds. The van der Waals surface area contributed by atoms with Crippen LogP contribution in [0.3, 0.4) is 0 Å². The molecule has 114 valence electrons. The lowest BCUT2D eigenvalue weighted by molar-refractivity contribution is 0.0901. The first-order valence-electron chi connectivity index (χ1n) is 7.69. The van der Waals surface area contributed by atoms with Crippen LogP contribution < -0.4 is 5.32 Å². The van der Waals surface area contributed by atoms with Gasteiger partial charge in [-0.2, -0.15) is 0 Å². The SMILES string of the molecule is CCn1c(C(=O)N[C@@H]2CCCC[C@@H]2C)cc2sc(Cl)cc21. The number of thiophene rings is 1. The number of hydrogen-bond donors (Lipinski definition) is 1. The second-order valence-electron chi connectivity index (χ2n) is 5.92. The molecule has 0 spiro atoms. The van der Waals surface area contributed by atoms with Gasteiger partial charge in [-0.25, -0.2) is 0 Å². The van der Waals surface area contributed by atoms with Crippen molar-refractivity contribution in [3.05, 3.63) is 22.2 Å². The van der Waals surface area contributed by atoms with Gasteiger partial charge in [0.25, 0.3) is 5.91 Å². The molecular formula is C16H21ClN2OS. The van der Waals surface area contributed by atoms with Crippen LogP contribution in [0.1, 0.15) is 50.0 Å². The highest BCUT2D eigenvalue weighted by Gasteiger charge is 2.25. The normalized spacial score (nSPS) is 22.6. The van der Waals surface area contributed by atoms with Crippen molar-refractivity contribution in [3.63, 3.8) is 0 Å². The van der Waals surface area contributed by atoms with E-state index in [-0.39, 0.29) is 5.91 Å². The molecule has 1 N–H and O–H groups in total. The number of rotatable bonds is 3. The zero-order chi connectivity index (χ0) is 15.0. The Kier molecular flexibility index (Phi) is 4.27. The third-order valence-electron chi connectivity index (χ3n) is 4.54. The largest absolute Gasteiger partial charge is 0.348 e. The Labute approximate surface area is 134 Å². The molecule has 1 saturated carbocycles. The zero-order valence-electron chi connectivity index (χ0n) is 12.5. The van der Waals surface area contributed by atoms with Gasteiger partial charge in [-0.1, -0.05) is 31.4 Å². The lowest BCUT2D eigenvalue weighted by Gasteiger charge is -2.29. The molecule has 2 heterocycles. The van der Waals surface area contributed by atoms with Gasteiger partial charge >= 0.3 is 0 Å². The molecule has 0 saturated heterocycles. The smallest absolute Gasteiger partial charge is 0.268 e. The number of aromatic nitrogens is 1. The molecule has 0 aromatic carbocycles. The van der Waals surface area contributed by atoms with E-state index in [0.29, 0.717) is 12.0 Å².